The van der Waals surface area contributed by atoms with Gasteiger partial charge in [0, 0.05) is 24.5 Å². The lowest BCUT2D eigenvalue weighted by Crippen LogP contribution is -2.26. The van der Waals surface area contributed by atoms with Crippen molar-refractivity contribution in [2.45, 2.75) is 26.7 Å². The lowest BCUT2D eigenvalue weighted by molar-refractivity contribution is -0.116. The standard InChI is InChI=1S/C16H24ClN3O/c1-11(2)12-5-7-20(10-12)8-6-16(21)19-15-4-3-13(17)9-14(15)18/h3-4,9,11-12H,5-8,10,18H2,1-2H3,(H,19,21). The van der Waals surface area contributed by atoms with E-state index in [0.717, 1.165) is 31.5 Å². The topological polar surface area (TPSA) is 58.4 Å². The van der Waals surface area contributed by atoms with E-state index in [9.17, 15) is 4.79 Å². The fourth-order valence-electron chi connectivity index (χ4n) is 2.73. The number of benzene rings is 1. The summed E-state index contributed by atoms with van der Waals surface area (Å²) in [5.74, 6) is 1.48. The number of anilines is 2. The number of halogens is 1. The first-order chi connectivity index (χ1) is 9.95. The zero-order valence-electron chi connectivity index (χ0n) is 12.7. The molecule has 0 bridgehead atoms. The Morgan fingerprint density at radius 1 is 1.52 bits per heavy atom. The van der Waals surface area contributed by atoms with Crippen molar-refractivity contribution in [1.29, 1.82) is 0 Å². The van der Waals surface area contributed by atoms with E-state index in [1.165, 1.54) is 6.42 Å². The van der Waals surface area contributed by atoms with Gasteiger partial charge in [-0.25, -0.2) is 0 Å². The molecule has 2 rings (SSSR count). The summed E-state index contributed by atoms with van der Waals surface area (Å²) in [6.45, 7) is 7.55. The van der Waals surface area contributed by atoms with Gasteiger partial charge in [-0.2, -0.15) is 0 Å². The van der Waals surface area contributed by atoms with Gasteiger partial charge in [0.05, 0.1) is 11.4 Å². The van der Waals surface area contributed by atoms with E-state index >= 15 is 0 Å². The van der Waals surface area contributed by atoms with Gasteiger partial charge in [0.15, 0.2) is 0 Å². The van der Waals surface area contributed by atoms with Crippen LogP contribution >= 0.6 is 11.6 Å². The number of rotatable bonds is 5. The second-order valence-electron chi connectivity index (χ2n) is 6.12. The summed E-state index contributed by atoms with van der Waals surface area (Å²) in [7, 11) is 0. The quantitative estimate of drug-likeness (QED) is 0.821. The second-order valence-corrected chi connectivity index (χ2v) is 6.56. The minimum absolute atomic E-state index is 0.00276. The van der Waals surface area contributed by atoms with Gasteiger partial charge in [0.1, 0.15) is 0 Å². The molecule has 116 valence electrons. The third kappa shape index (κ3) is 4.61. The van der Waals surface area contributed by atoms with Gasteiger partial charge in [0.2, 0.25) is 5.91 Å². The summed E-state index contributed by atoms with van der Waals surface area (Å²) >= 11 is 5.84. The number of hydrogen-bond acceptors (Lipinski definition) is 3. The first kappa shape index (κ1) is 16.1. The van der Waals surface area contributed by atoms with E-state index in [1.54, 1.807) is 18.2 Å². The minimum atomic E-state index is -0.00276. The number of likely N-dealkylation sites (tertiary alicyclic amines) is 1. The van der Waals surface area contributed by atoms with Crippen LogP contribution in [0.1, 0.15) is 26.7 Å². The van der Waals surface area contributed by atoms with Gasteiger partial charge in [0.25, 0.3) is 0 Å². The Morgan fingerprint density at radius 2 is 2.29 bits per heavy atom. The van der Waals surface area contributed by atoms with Crippen LogP contribution in [0.4, 0.5) is 11.4 Å². The molecule has 5 heteroatoms. The highest BCUT2D eigenvalue weighted by atomic mass is 35.5. The molecule has 1 heterocycles. The van der Waals surface area contributed by atoms with Gasteiger partial charge < -0.3 is 16.0 Å². The van der Waals surface area contributed by atoms with E-state index in [4.69, 9.17) is 17.3 Å². The van der Waals surface area contributed by atoms with E-state index in [-0.39, 0.29) is 5.91 Å². The van der Waals surface area contributed by atoms with Gasteiger partial charge in [-0.3, -0.25) is 4.79 Å². The second kappa shape index (κ2) is 7.14. The van der Waals surface area contributed by atoms with Gasteiger partial charge in [-0.05, 0) is 43.0 Å². The Balaban J connectivity index is 1.78. The molecule has 0 aliphatic carbocycles. The molecule has 1 aliphatic heterocycles. The van der Waals surface area contributed by atoms with Crippen LogP contribution in [0.3, 0.4) is 0 Å². The number of carbonyl (C=O) groups is 1. The highest BCUT2D eigenvalue weighted by molar-refractivity contribution is 6.31. The van der Waals surface area contributed by atoms with Crippen molar-refractivity contribution in [2.24, 2.45) is 11.8 Å². The van der Waals surface area contributed by atoms with Crippen LogP contribution in [0.5, 0.6) is 0 Å². The molecule has 1 aliphatic rings. The number of nitrogen functional groups attached to an aromatic ring is 1. The summed E-state index contributed by atoms with van der Waals surface area (Å²) in [5, 5.41) is 3.42. The van der Waals surface area contributed by atoms with Crippen LogP contribution in [0.25, 0.3) is 0 Å². The molecule has 3 N–H and O–H groups in total. The molecule has 0 spiro atoms. The first-order valence-electron chi connectivity index (χ1n) is 7.53. The van der Waals surface area contributed by atoms with Crippen LogP contribution in [-0.2, 0) is 4.79 Å². The molecule has 1 fully saturated rings. The van der Waals surface area contributed by atoms with Crippen molar-refractivity contribution in [2.75, 3.05) is 30.7 Å². The molecule has 1 aromatic carbocycles. The summed E-state index contributed by atoms with van der Waals surface area (Å²) in [6, 6.07) is 5.10. The summed E-state index contributed by atoms with van der Waals surface area (Å²) < 4.78 is 0. The largest absolute Gasteiger partial charge is 0.397 e. The summed E-state index contributed by atoms with van der Waals surface area (Å²) in [5.41, 5.74) is 6.96. The maximum atomic E-state index is 12.0. The van der Waals surface area contributed by atoms with Crippen LogP contribution in [0.2, 0.25) is 5.02 Å². The number of hydrogen-bond donors (Lipinski definition) is 2. The van der Waals surface area contributed by atoms with Crippen molar-refractivity contribution in [1.82, 2.24) is 4.90 Å². The normalized spacial score (nSPS) is 19.1. The highest BCUT2D eigenvalue weighted by Crippen LogP contribution is 2.24. The number of carbonyl (C=O) groups excluding carboxylic acids is 1. The number of amides is 1. The molecule has 4 nitrogen and oxygen atoms in total. The maximum absolute atomic E-state index is 12.0. The van der Waals surface area contributed by atoms with Crippen LogP contribution < -0.4 is 11.1 Å². The average molecular weight is 310 g/mol. The van der Waals surface area contributed by atoms with Crippen LogP contribution in [0, 0.1) is 11.8 Å². The number of nitrogens with two attached hydrogens (primary N) is 1. The number of nitrogens with zero attached hydrogens (tertiary/aromatic N) is 1. The monoisotopic (exact) mass is 309 g/mol. The lowest BCUT2D eigenvalue weighted by Gasteiger charge is -2.17. The van der Waals surface area contributed by atoms with Crippen molar-refractivity contribution in [3.63, 3.8) is 0 Å². The fourth-order valence-corrected chi connectivity index (χ4v) is 2.91. The molecule has 0 aromatic heterocycles. The van der Waals surface area contributed by atoms with Crippen LogP contribution in [0.15, 0.2) is 18.2 Å². The lowest BCUT2D eigenvalue weighted by atomic mass is 9.95. The molecule has 0 saturated carbocycles. The van der Waals surface area contributed by atoms with Gasteiger partial charge >= 0.3 is 0 Å². The molecule has 1 aromatic rings. The molecule has 1 atom stereocenters. The van der Waals surface area contributed by atoms with E-state index in [2.05, 4.69) is 24.1 Å². The van der Waals surface area contributed by atoms with Crippen molar-refractivity contribution >= 4 is 28.9 Å². The minimum Gasteiger partial charge on any atom is -0.397 e. The molecule has 0 radical (unpaired) electrons. The third-order valence-corrected chi connectivity index (χ3v) is 4.43. The summed E-state index contributed by atoms with van der Waals surface area (Å²) in [4.78, 5) is 14.4. The smallest absolute Gasteiger partial charge is 0.225 e. The van der Waals surface area contributed by atoms with Gasteiger partial charge in [-0.1, -0.05) is 25.4 Å². The average Bonchev–Trinajstić information content (AvgIpc) is 2.89. The fraction of sp³-hybridized carbons (Fsp3) is 0.562. The third-order valence-electron chi connectivity index (χ3n) is 4.19. The first-order valence-corrected chi connectivity index (χ1v) is 7.90. The zero-order chi connectivity index (χ0) is 15.4. The van der Waals surface area contributed by atoms with E-state index < -0.39 is 0 Å². The molecule has 1 amide bonds. The van der Waals surface area contributed by atoms with Crippen molar-refractivity contribution in [3.05, 3.63) is 23.2 Å². The molecule has 1 unspecified atom stereocenters. The molecule has 21 heavy (non-hydrogen) atoms. The Morgan fingerprint density at radius 3 is 2.90 bits per heavy atom. The zero-order valence-corrected chi connectivity index (χ0v) is 13.5. The predicted molar refractivity (Wildman–Crippen MR) is 88.5 cm³/mol. The Labute approximate surface area is 131 Å². The van der Waals surface area contributed by atoms with Gasteiger partial charge in [-0.15, -0.1) is 0 Å². The van der Waals surface area contributed by atoms with Crippen molar-refractivity contribution < 1.29 is 4.79 Å². The Bertz CT molecular complexity index is 504. The van der Waals surface area contributed by atoms with Crippen LogP contribution in [-0.4, -0.2) is 30.4 Å². The highest BCUT2D eigenvalue weighted by Gasteiger charge is 2.24. The van der Waals surface area contributed by atoms with E-state index in [0.29, 0.717) is 22.8 Å². The number of nitrogens with one attached hydrogen (secondary N) is 1. The Kier molecular flexibility index (Phi) is 5.48. The molecular formula is C16H24ClN3O. The predicted octanol–water partition coefficient (Wildman–Crippen LogP) is 3.23. The van der Waals surface area contributed by atoms with E-state index in [1.807, 2.05) is 0 Å². The maximum Gasteiger partial charge on any atom is 0.225 e. The molecular weight excluding hydrogens is 286 g/mol. The van der Waals surface area contributed by atoms with Crippen molar-refractivity contribution in [3.8, 4) is 0 Å². The SMILES string of the molecule is CC(C)C1CCN(CCC(=O)Nc2ccc(Cl)cc2N)C1. The molecule has 1 saturated heterocycles. The Hall–Kier alpha value is -1.26. The summed E-state index contributed by atoms with van der Waals surface area (Å²) in [6.07, 6.45) is 1.73.